The van der Waals surface area contributed by atoms with Gasteiger partial charge in [0.15, 0.2) is 12.4 Å². The molecule has 0 saturated heterocycles. The van der Waals surface area contributed by atoms with E-state index in [-0.39, 0.29) is 24.5 Å². The summed E-state index contributed by atoms with van der Waals surface area (Å²) in [7, 11) is 1.70. The molecule has 1 fully saturated rings. The summed E-state index contributed by atoms with van der Waals surface area (Å²) < 4.78 is 5.50. The second-order valence-corrected chi connectivity index (χ2v) is 5.70. The van der Waals surface area contributed by atoms with E-state index >= 15 is 0 Å². The van der Waals surface area contributed by atoms with E-state index in [1.54, 1.807) is 25.2 Å². The van der Waals surface area contributed by atoms with Crippen LogP contribution >= 0.6 is 0 Å². The summed E-state index contributed by atoms with van der Waals surface area (Å²) in [5.74, 6) is 0.293. The number of amides is 2. The molecule has 0 spiro atoms. The van der Waals surface area contributed by atoms with E-state index in [4.69, 9.17) is 4.74 Å². The number of nitrogens with one attached hydrogen (secondary N) is 1. The molecule has 3 rings (SSSR count). The van der Waals surface area contributed by atoms with Gasteiger partial charge in [0.2, 0.25) is 0 Å². The summed E-state index contributed by atoms with van der Waals surface area (Å²) in [6.45, 7) is -0.0166. The lowest BCUT2D eigenvalue weighted by Crippen LogP contribution is -2.39. The molecule has 5 heteroatoms. The smallest absolute Gasteiger partial charge is 0.264 e. The summed E-state index contributed by atoms with van der Waals surface area (Å²) in [4.78, 5) is 25.7. The van der Waals surface area contributed by atoms with Gasteiger partial charge in [-0.2, -0.15) is 0 Å². The zero-order valence-corrected chi connectivity index (χ0v) is 12.2. The van der Waals surface area contributed by atoms with Crippen LogP contribution in [0.4, 0.5) is 5.69 Å². The van der Waals surface area contributed by atoms with Crippen LogP contribution in [0.15, 0.2) is 18.2 Å². The Morgan fingerprint density at radius 3 is 2.81 bits per heavy atom. The quantitative estimate of drug-likeness (QED) is 0.906. The molecule has 5 nitrogen and oxygen atoms in total. The molecule has 0 bridgehead atoms. The van der Waals surface area contributed by atoms with Gasteiger partial charge in [-0.05, 0) is 25.0 Å². The van der Waals surface area contributed by atoms with E-state index in [0.717, 1.165) is 12.8 Å². The SMILES string of the molecule is CN1C(=O)COc2c(C(=O)NC3CCCCC3)cccc21. The number of carbonyl (C=O) groups is 2. The molecule has 2 amide bonds. The molecular weight excluding hydrogens is 268 g/mol. The van der Waals surface area contributed by atoms with Gasteiger partial charge < -0.3 is 15.0 Å². The predicted molar refractivity (Wildman–Crippen MR) is 79.7 cm³/mol. The normalized spacial score (nSPS) is 18.9. The van der Waals surface area contributed by atoms with Gasteiger partial charge in [0.1, 0.15) is 0 Å². The summed E-state index contributed by atoms with van der Waals surface area (Å²) >= 11 is 0. The van der Waals surface area contributed by atoms with Gasteiger partial charge in [-0.1, -0.05) is 25.3 Å². The monoisotopic (exact) mass is 288 g/mol. The van der Waals surface area contributed by atoms with Gasteiger partial charge >= 0.3 is 0 Å². The van der Waals surface area contributed by atoms with Crippen LogP contribution < -0.4 is 15.0 Å². The highest BCUT2D eigenvalue weighted by Crippen LogP contribution is 2.34. The van der Waals surface area contributed by atoms with E-state index in [0.29, 0.717) is 17.0 Å². The van der Waals surface area contributed by atoms with Crippen LogP contribution in [0.1, 0.15) is 42.5 Å². The van der Waals surface area contributed by atoms with Gasteiger partial charge in [-0.3, -0.25) is 9.59 Å². The Kier molecular flexibility index (Phi) is 3.82. The lowest BCUT2D eigenvalue weighted by molar-refractivity contribution is -0.121. The Morgan fingerprint density at radius 2 is 2.05 bits per heavy atom. The van der Waals surface area contributed by atoms with E-state index in [9.17, 15) is 9.59 Å². The van der Waals surface area contributed by atoms with Crippen LogP contribution in [-0.2, 0) is 4.79 Å². The number of anilines is 1. The minimum absolute atomic E-state index is 0.0166. The van der Waals surface area contributed by atoms with Gasteiger partial charge in [-0.15, -0.1) is 0 Å². The standard InChI is InChI=1S/C16H20N2O3/c1-18-13-9-5-8-12(15(13)21-10-14(18)19)16(20)17-11-6-3-2-4-7-11/h5,8-9,11H,2-4,6-7,10H2,1H3,(H,17,20). The molecule has 112 valence electrons. The van der Waals surface area contributed by atoms with E-state index < -0.39 is 0 Å². The van der Waals surface area contributed by atoms with Crippen molar-refractivity contribution in [3.05, 3.63) is 23.8 Å². The van der Waals surface area contributed by atoms with Crippen molar-refractivity contribution in [1.29, 1.82) is 0 Å². The van der Waals surface area contributed by atoms with Crippen molar-refractivity contribution in [3.63, 3.8) is 0 Å². The third-order valence-corrected chi connectivity index (χ3v) is 4.25. The first-order valence-electron chi connectivity index (χ1n) is 7.50. The number of hydrogen-bond donors (Lipinski definition) is 1. The molecule has 1 heterocycles. The molecule has 1 aromatic rings. The highest BCUT2D eigenvalue weighted by atomic mass is 16.5. The molecule has 1 aromatic carbocycles. The highest BCUT2D eigenvalue weighted by molar-refractivity contribution is 6.04. The Bertz CT molecular complexity index is 565. The Balaban J connectivity index is 1.82. The molecular formula is C16H20N2O3. The Labute approximate surface area is 124 Å². The fourth-order valence-corrected chi connectivity index (χ4v) is 2.99. The van der Waals surface area contributed by atoms with Crippen LogP contribution in [0.3, 0.4) is 0 Å². The molecule has 0 radical (unpaired) electrons. The molecule has 1 saturated carbocycles. The number of carbonyl (C=O) groups excluding carboxylic acids is 2. The van der Waals surface area contributed by atoms with Crippen molar-refractivity contribution in [2.75, 3.05) is 18.6 Å². The lowest BCUT2D eigenvalue weighted by Gasteiger charge is -2.28. The average molecular weight is 288 g/mol. The fourth-order valence-electron chi connectivity index (χ4n) is 2.99. The Hall–Kier alpha value is -2.04. The maximum Gasteiger partial charge on any atom is 0.264 e. The molecule has 1 N–H and O–H groups in total. The topological polar surface area (TPSA) is 58.6 Å². The predicted octanol–water partition coefficient (Wildman–Crippen LogP) is 2.10. The highest BCUT2D eigenvalue weighted by Gasteiger charge is 2.27. The van der Waals surface area contributed by atoms with Crippen LogP contribution in [0, 0.1) is 0 Å². The van der Waals surface area contributed by atoms with Gasteiger partial charge in [0, 0.05) is 13.1 Å². The van der Waals surface area contributed by atoms with Crippen molar-refractivity contribution in [3.8, 4) is 5.75 Å². The maximum atomic E-state index is 12.5. The first-order valence-corrected chi connectivity index (χ1v) is 7.50. The molecule has 0 atom stereocenters. The first kappa shape index (κ1) is 13.9. The van der Waals surface area contributed by atoms with Crippen LogP contribution in [0.5, 0.6) is 5.75 Å². The number of ether oxygens (including phenoxy) is 1. The van der Waals surface area contributed by atoms with Crippen molar-refractivity contribution in [2.24, 2.45) is 0 Å². The second-order valence-electron chi connectivity index (χ2n) is 5.70. The largest absolute Gasteiger partial charge is 0.481 e. The zero-order valence-electron chi connectivity index (χ0n) is 12.2. The fraction of sp³-hybridized carbons (Fsp3) is 0.500. The van der Waals surface area contributed by atoms with Crippen molar-refractivity contribution in [2.45, 2.75) is 38.1 Å². The number of para-hydroxylation sites is 1. The molecule has 2 aliphatic rings. The maximum absolute atomic E-state index is 12.5. The third-order valence-electron chi connectivity index (χ3n) is 4.25. The van der Waals surface area contributed by atoms with Gasteiger partial charge in [0.05, 0.1) is 11.3 Å². The summed E-state index contributed by atoms with van der Waals surface area (Å²) in [5.41, 5.74) is 1.17. The number of fused-ring (bicyclic) bond motifs is 1. The molecule has 1 aliphatic carbocycles. The second kappa shape index (κ2) is 5.76. The summed E-state index contributed by atoms with van der Waals surface area (Å²) in [6, 6.07) is 5.59. The number of hydrogen-bond acceptors (Lipinski definition) is 3. The van der Waals surface area contributed by atoms with E-state index in [1.165, 1.54) is 24.2 Å². The molecule has 0 aromatic heterocycles. The van der Waals surface area contributed by atoms with Crippen LogP contribution in [0.25, 0.3) is 0 Å². The average Bonchev–Trinajstić information content (AvgIpc) is 2.51. The minimum atomic E-state index is -0.110. The first-order chi connectivity index (χ1) is 10.2. The number of likely N-dealkylation sites (N-methyl/N-ethyl adjacent to an activating group) is 1. The lowest BCUT2D eigenvalue weighted by atomic mass is 9.95. The number of rotatable bonds is 2. The third kappa shape index (κ3) is 2.73. The van der Waals surface area contributed by atoms with Crippen molar-refractivity contribution in [1.82, 2.24) is 5.32 Å². The summed E-state index contributed by atoms with van der Waals surface area (Å²) in [5, 5.41) is 3.09. The van der Waals surface area contributed by atoms with Crippen molar-refractivity contribution < 1.29 is 14.3 Å². The van der Waals surface area contributed by atoms with Gasteiger partial charge in [0.25, 0.3) is 11.8 Å². The zero-order chi connectivity index (χ0) is 14.8. The van der Waals surface area contributed by atoms with Gasteiger partial charge in [-0.25, -0.2) is 0 Å². The van der Waals surface area contributed by atoms with E-state index in [1.807, 2.05) is 0 Å². The van der Waals surface area contributed by atoms with Crippen LogP contribution in [0.2, 0.25) is 0 Å². The molecule has 0 unspecified atom stereocenters. The summed E-state index contributed by atoms with van der Waals surface area (Å²) in [6.07, 6.45) is 5.68. The van der Waals surface area contributed by atoms with E-state index in [2.05, 4.69) is 5.32 Å². The van der Waals surface area contributed by atoms with Crippen LogP contribution in [-0.4, -0.2) is 31.5 Å². The number of nitrogens with zero attached hydrogens (tertiary/aromatic N) is 1. The minimum Gasteiger partial charge on any atom is -0.481 e. The molecule has 1 aliphatic heterocycles. The number of benzene rings is 1. The molecule has 21 heavy (non-hydrogen) atoms. The Morgan fingerprint density at radius 1 is 1.29 bits per heavy atom. The van der Waals surface area contributed by atoms with Crippen molar-refractivity contribution >= 4 is 17.5 Å².